The van der Waals surface area contributed by atoms with E-state index in [2.05, 4.69) is 17.1 Å². The zero-order valence-corrected chi connectivity index (χ0v) is 11.5. The number of amidine groups is 1. The fraction of sp³-hybridized carbons (Fsp3) is 0.615. The highest BCUT2D eigenvalue weighted by atomic mass is 16.4. The van der Waals surface area contributed by atoms with Crippen LogP contribution in [0.3, 0.4) is 0 Å². The number of hydrogen-bond acceptors (Lipinski definition) is 4. The highest BCUT2D eigenvalue weighted by molar-refractivity contribution is 6.07. The van der Waals surface area contributed by atoms with Crippen molar-refractivity contribution in [2.75, 3.05) is 6.54 Å². The Bertz CT molecular complexity index is 559. The van der Waals surface area contributed by atoms with Crippen LogP contribution >= 0.6 is 0 Å². The van der Waals surface area contributed by atoms with Crippen molar-refractivity contribution in [1.82, 2.24) is 14.5 Å². The zero-order valence-electron chi connectivity index (χ0n) is 11.5. The number of hydrogen-bond donors (Lipinski definition) is 2. The first-order valence-corrected chi connectivity index (χ1v) is 6.84. The first kappa shape index (κ1) is 13.0. The van der Waals surface area contributed by atoms with Crippen molar-refractivity contribution >= 4 is 11.7 Å². The molecule has 0 radical (unpaired) electrons. The summed E-state index contributed by atoms with van der Waals surface area (Å²) in [6.07, 6.45) is 4.95. The minimum absolute atomic E-state index is 0.0366. The standard InChI is InChI=1S/C13H19N5O2/c1-9-6-13(7-9,11(14)16-20)12(19)18-5-4-17-3-2-15-10(17)8-18/h2-3,9,20H,4-8H2,1H3,(H2,14,16). The number of fused-ring (bicyclic) bond motifs is 1. The molecule has 0 spiro atoms. The van der Waals surface area contributed by atoms with E-state index in [1.807, 2.05) is 10.8 Å². The molecule has 0 saturated heterocycles. The average Bonchev–Trinajstić information content (AvgIpc) is 2.89. The van der Waals surface area contributed by atoms with Gasteiger partial charge in [0.1, 0.15) is 11.2 Å². The van der Waals surface area contributed by atoms with Gasteiger partial charge in [0.05, 0.1) is 6.54 Å². The normalized spacial score (nSPS) is 29.8. The summed E-state index contributed by atoms with van der Waals surface area (Å²) in [7, 11) is 0. The third kappa shape index (κ3) is 1.76. The van der Waals surface area contributed by atoms with Crippen LogP contribution in [0.2, 0.25) is 0 Å². The van der Waals surface area contributed by atoms with Crippen LogP contribution in [0.4, 0.5) is 0 Å². The summed E-state index contributed by atoms with van der Waals surface area (Å²) in [6.45, 7) is 3.93. The Morgan fingerprint density at radius 1 is 1.55 bits per heavy atom. The van der Waals surface area contributed by atoms with Gasteiger partial charge in [-0.05, 0) is 18.8 Å². The SMILES string of the molecule is CC1CC(C(=O)N2CCn3ccnc3C2)(/C(N)=N/O)C1. The van der Waals surface area contributed by atoms with Crippen LogP contribution in [-0.4, -0.2) is 37.9 Å². The number of amides is 1. The molecule has 0 unspecified atom stereocenters. The van der Waals surface area contributed by atoms with Crippen LogP contribution in [-0.2, 0) is 17.9 Å². The van der Waals surface area contributed by atoms with Crippen LogP contribution in [0.15, 0.2) is 17.5 Å². The number of rotatable bonds is 2. The van der Waals surface area contributed by atoms with Gasteiger partial charge < -0.3 is 20.4 Å². The Morgan fingerprint density at radius 3 is 2.95 bits per heavy atom. The number of carbonyl (C=O) groups is 1. The fourth-order valence-corrected chi connectivity index (χ4v) is 3.37. The van der Waals surface area contributed by atoms with Gasteiger partial charge in [-0.1, -0.05) is 12.1 Å². The first-order valence-electron chi connectivity index (χ1n) is 6.84. The molecule has 0 atom stereocenters. The Hall–Kier alpha value is -2.05. The van der Waals surface area contributed by atoms with Gasteiger partial charge in [-0.3, -0.25) is 4.79 Å². The molecule has 2 heterocycles. The molecule has 20 heavy (non-hydrogen) atoms. The van der Waals surface area contributed by atoms with Gasteiger partial charge in [0.25, 0.3) is 0 Å². The molecule has 0 aromatic carbocycles. The number of imidazole rings is 1. The number of nitrogens with two attached hydrogens (primary N) is 1. The van der Waals surface area contributed by atoms with Crippen LogP contribution in [0.5, 0.6) is 0 Å². The number of aromatic nitrogens is 2. The van der Waals surface area contributed by atoms with Crippen molar-refractivity contribution in [3.63, 3.8) is 0 Å². The second kappa shape index (κ2) is 4.50. The predicted molar refractivity (Wildman–Crippen MR) is 71.9 cm³/mol. The second-order valence-electron chi connectivity index (χ2n) is 5.84. The minimum Gasteiger partial charge on any atom is -0.409 e. The number of oxime groups is 1. The predicted octanol–water partition coefficient (Wildman–Crippen LogP) is 0.388. The van der Waals surface area contributed by atoms with Gasteiger partial charge in [-0.25, -0.2) is 4.98 Å². The van der Waals surface area contributed by atoms with Crippen LogP contribution in [0, 0.1) is 11.3 Å². The van der Waals surface area contributed by atoms with E-state index in [9.17, 15) is 4.79 Å². The monoisotopic (exact) mass is 277 g/mol. The van der Waals surface area contributed by atoms with Gasteiger partial charge in [-0.15, -0.1) is 0 Å². The highest BCUT2D eigenvalue weighted by Crippen LogP contribution is 2.47. The summed E-state index contributed by atoms with van der Waals surface area (Å²) in [6, 6.07) is 0. The summed E-state index contributed by atoms with van der Waals surface area (Å²) >= 11 is 0. The van der Waals surface area contributed by atoms with Crippen molar-refractivity contribution < 1.29 is 10.0 Å². The molecule has 3 rings (SSSR count). The molecule has 1 aromatic rings. The van der Waals surface area contributed by atoms with Crippen molar-refractivity contribution in [2.45, 2.75) is 32.9 Å². The lowest BCUT2D eigenvalue weighted by Gasteiger charge is -2.46. The quantitative estimate of drug-likeness (QED) is 0.353. The molecule has 1 aliphatic heterocycles. The molecule has 3 N–H and O–H groups in total. The lowest BCUT2D eigenvalue weighted by molar-refractivity contribution is -0.146. The molecule has 7 nitrogen and oxygen atoms in total. The van der Waals surface area contributed by atoms with E-state index in [0.29, 0.717) is 31.8 Å². The maximum Gasteiger partial charge on any atom is 0.237 e. The molecule has 0 bridgehead atoms. The summed E-state index contributed by atoms with van der Waals surface area (Å²) in [5.41, 5.74) is 4.97. The third-order valence-electron chi connectivity index (χ3n) is 4.43. The largest absolute Gasteiger partial charge is 0.409 e. The number of nitrogens with zero attached hydrogens (tertiary/aromatic N) is 4. The Kier molecular flexibility index (Phi) is 2.92. The molecule has 1 saturated carbocycles. The van der Waals surface area contributed by atoms with Crippen molar-refractivity contribution in [2.24, 2.45) is 22.2 Å². The molecule has 7 heteroatoms. The fourth-order valence-electron chi connectivity index (χ4n) is 3.37. The second-order valence-corrected chi connectivity index (χ2v) is 5.84. The Labute approximate surface area is 117 Å². The summed E-state index contributed by atoms with van der Waals surface area (Å²) < 4.78 is 2.04. The molecular weight excluding hydrogens is 258 g/mol. The zero-order chi connectivity index (χ0) is 14.3. The van der Waals surface area contributed by atoms with E-state index in [4.69, 9.17) is 10.9 Å². The molecular formula is C13H19N5O2. The van der Waals surface area contributed by atoms with Crippen LogP contribution in [0.25, 0.3) is 0 Å². The summed E-state index contributed by atoms with van der Waals surface area (Å²) in [5, 5.41) is 12.1. The van der Waals surface area contributed by atoms with E-state index in [1.165, 1.54) is 0 Å². The molecule has 1 fully saturated rings. The Morgan fingerprint density at radius 2 is 2.30 bits per heavy atom. The molecule has 2 aliphatic rings. The van der Waals surface area contributed by atoms with Gasteiger partial charge in [0.2, 0.25) is 5.91 Å². The van der Waals surface area contributed by atoms with E-state index in [0.717, 1.165) is 12.4 Å². The molecule has 108 valence electrons. The number of carbonyl (C=O) groups excluding carboxylic acids is 1. The summed E-state index contributed by atoms with van der Waals surface area (Å²) in [5.74, 6) is 1.30. The van der Waals surface area contributed by atoms with E-state index < -0.39 is 5.41 Å². The maximum absolute atomic E-state index is 12.8. The average molecular weight is 277 g/mol. The van der Waals surface area contributed by atoms with Crippen molar-refractivity contribution in [3.8, 4) is 0 Å². The van der Waals surface area contributed by atoms with Crippen LogP contribution < -0.4 is 5.73 Å². The van der Waals surface area contributed by atoms with Crippen LogP contribution in [0.1, 0.15) is 25.6 Å². The molecule has 1 amide bonds. The smallest absolute Gasteiger partial charge is 0.237 e. The highest BCUT2D eigenvalue weighted by Gasteiger charge is 2.54. The molecule has 1 aromatic heterocycles. The van der Waals surface area contributed by atoms with E-state index in [-0.39, 0.29) is 11.7 Å². The minimum atomic E-state index is -0.817. The van der Waals surface area contributed by atoms with Crippen molar-refractivity contribution in [3.05, 3.63) is 18.2 Å². The topological polar surface area (TPSA) is 96.7 Å². The third-order valence-corrected chi connectivity index (χ3v) is 4.43. The first-order chi connectivity index (χ1) is 9.56. The van der Waals surface area contributed by atoms with Gasteiger partial charge in [0, 0.05) is 25.5 Å². The molecule has 1 aliphatic carbocycles. The summed E-state index contributed by atoms with van der Waals surface area (Å²) in [4.78, 5) is 18.8. The van der Waals surface area contributed by atoms with E-state index in [1.54, 1.807) is 11.1 Å². The van der Waals surface area contributed by atoms with Crippen molar-refractivity contribution in [1.29, 1.82) is 0 Å². The Balaban J connectivity index is 1.82. The van der Waals surface area contributed by atoms with Gasteiger partial charge >= 0.3 is 0 Å². The maximum atomic E-state index is 12.8. The van der Waals surface area contributed by atoms with Gasteiger partial charge in [-0.2, -0.15) is 0 Å². The lowest BCUT2D eigenvalue weighted by atomic mass is 9.61. The lowest BCUT2D eigenvalue weighted by Crippen LogP contribution is -2.58. The van der Waals surface area contributed by atoms with E-state index >= 15 is 0 Å². The van der Waals surface area contributed by atoms with Gasteiger partial charge in [0.15, 0.2) is 5.84 Å².